The van der Waals surface area contributed by atoms with E-state index in [1.165, 1.54) is 12.1 Å². The van der Waals surface area contributed by atoms with Crippen LogP contribution in [0.3, 0.4) is 0 Å². The van der Waals surface area contributed by atoms with Crippen LogP contribution in [0.25, 0.3) is 10.6 Å². The maximum Gasteiger partial charge on any atom is 0.337 e. The number of rotatable bonds is 5. The molecule has 1 aromatic heterocycles. The second-order valence-electron chi connectivity index (χ2n) is 5.20. The quantitative estimate of drug-likeness (QED) is 0.772. The van der Waals surface area contributed by atoms with Gasteiger partial charge in [-0.3, -0.25) is 4.79 Å². The highest BCUT2D eigenvalue weighted by Gasteiger charge is 2.31. The number of amides is 1. The van der Waals surface area contributed by atoms with Gasteiger partial charge in [0.05, 0.1) is 12.2 Å². The summed E-state index contributed by atoms with van der Waals surface area (Å²) in [5.41, 5.74) is -0.897. The number of carboxylic acid groups (broad SMARTS) is 1. The van der Waals surface area contributed by atoms with Crippen molar-refractivity contribution in [1.82, 2.24) is 10.3 Å². The fourth-order valence-corrected chi connectivity index (χ4v) is 2.72. The molecule has 2 rings (SSSR count). The summed E-state index contributed by atoms with van der Waals surface area (Å²) in [6.07, 6.45) is 0. The summed E-state index contributed by atoms with van der Waals surface area (Å²) in [5.74, 6) is -2.31. The zero-order chi connectivity index (χ0) is 17.2. The molecular weight excluding hydrogens is 323 g/mol. The van der Waals surface area contributed by atoms with Crippen LogP contribution >= 0.6 is 11.3 Å². The summed E-state index contributed by atoms with van der Waals surface area (Å²) in [4.78, 5) is 27.5. The predicted octanol–water partition coefficient (Wildman–Crippen LogP) is 1.82. The van der Waals surface area contributed by atoms with Gasteiger partial charge in [-0.1, -0.05) is 0 Å². The van der Waals surface area contributed by atoms with Gasteiger partial charge in [-0.2, -0.15) is 0 Å². The Bertz CT molecular complexity index is 740. The zero-order valence-corrected chi connectivity index (χ0v) is 13.3. The summed E-state index contributed by atoms with van der Waals surface area (Å²) in [6.45, 7) is 2.32. The monoisotopic (exact) mass is 338 g/mol. The average molecular weight is 338 g/mol. The number of aryl methyl sites for hydroxylation is 1. The fraction of sp³-hybridized carbons (Fsp3) is 0.267. The molecule has 6 nitrogen and oxygen atoms in total. The first-order valence-electron chi connectivity index (χ1n) is 6.68. The average Bonchev–Trinajstić information content (AvgIpc) is 2.87. The Kier molecular flexibility index (Phi) is 4.76. The standard InChI is InChI=1S/C15H15FN2O4S/c1-8-11(12(19)17-7-15(2,22)14(20)21)23-13(18-8)9-3-5-10(16)6-4-9/h3-6,22H,7H2,1-2H3,(H,17,19)(H,20,21). The van der Waals surface area contributed by atoms with Gasteiger partial charge in [-0.25, -0.2) is 14.2 Å². The Hall–Kier alpha value is -2.32. The molecule has 1 heterocycles. The van der Waals surface area contributed by atoms with Crippen molar-refractivity contribution in [3.63, 3.8) is 0 Å². The first kappa shape index (κ1) is 17.0. The number of carbonyl (C=O) groups is 2. The maximum atomic E-state index is 12.9. The van der Waals surface area contributed by atoms with Crippen molar-refractivity contribution in [2.75, 3.05) is 6.54 Å². The Morgan fingerprint density at radius 2 is 1.96 bits per heavy atom. The molecule has 0 aliphatic rings. The lowest BCUT2D eigenvalue weighted by atomic mass is 10.1. The van der Waals surface area contributed by atoms with Crippen molar-refractivity contribution in [3.8, 4) is 10.6 Å². The minimum Gasteiger partial charge on any atom is -0.479 e. The summed E-state index contributed by atoms with van der Waals surface area (Å²) in [6, 6.07) is 5.72. The number of aliphatic carboxylic acids is 1. The summed E-state index contributed by atoms with van der Waals surface area (Å²) >= 11 is 1.11. The van der Waals surface area contributed by atoms with Gasteiger partial charge in [-0.05, 0) is 38.1 Å². The van der Waals surface area contributed by atoms with Crippen molar-refractivity contribution >= 4 is 23.2 Å². The SMILES string of the molecule is Cc1nc(-c2ccc(F)cc2)sc1C(=O)NCC(C)(O)C(=O)O. The smallest absolute Gasteiger partial charge is 0.337 e. The van der Waals surface area contributed by atoms with E-state index in [0.29, 0.717) is 21.1 Å². The molecule has 0 spiro atoms. The van der Waals surface area contributed by atoms with E-state index in [-0.39, 0.29) is 5.82 Å². The van der Waals surface area contributed by atoms with Gasteiger partial charge in [0.1, 0.15) is 15.7 Å². The normalized spacial score (nSPS) is 13.4. The minimum atomic E-state index is -2.05. The minimum absolute atomic E-state index is 0.311. The number of halogens is 1. The molecule has 0 radical (unpaired) electrons. The van der Waals surface area contributed by atoms with Gasteiger partial charge < -0.3 is 15.5 Å². The Balaban J connectivity index is 2.16. The largest absolute Gasteiger partial charge is 0.479 e. The summed E-state index contributed by atoms with van der Waals surface area (Å²) < 4.78 is 12.9. The highest BCUT2D eigenvalue weighted by Crippen LogP contribution is 2.28. The van der Waals surface area contributed by atoms with Crippen LogP contribution in [0, 0.1) is 12.7 Å². The predicted molar refractivity (Wildman–Crippen MR) is 82.8 cm³/mol. The fourth-order valence-electron chi connectivity index (χ4n) is 1.73. The molecular formula is C15H15FN2O4S. The van der Waals surface area contributed by atoms with E-state index < -0.39 is 24.0 Å². The van der Waals surface area contributed by atoms with Gasteiger partial charge in [0.25, 0.3) is 5.91 Å². The highest BCUT2D eigenvalue weighted by molar-refractivity contribution is 7.17. The molecule has 0 aliphatic heterocycles. The number of aromatic nitrogens is 1. The van der Waals surface area contributed by atoms with Gasteiger partial charge in [0.15, 0.2) is 5.60 Å². The second kappa shape index (κ2) is 6.43. The number of thiazole rings is 1. The molecule has 0 saturated heterocycles. The number of hydrogen-bond donors (Lipinski definition) is 3. The third kappa shape index (κ3) is 3.91. The van der Waals surface area contributed by atoms with E-state index in [9.17, 15) is 19.1 Å². The van der Waals surface area contributed by atoms with Crippen molar-refractivity contribution in [3.05, 3.63) is 40.7 Å². The van der Waals surface area contributed by atoms with Gasteiger partial charge >= 0.3 is 5.97 Å². The van der Waals surface area contributed by atoms with E-state index >= 15 is 0 Å². The molecule has 0 bridgehead atoms. The van der Waals surface area contributed by atoms with Crippen molar-refractivity contribution in [2.45, 2.75) is 19.4 Å². The van der Waals surface area contributed by atoms with E-state index in [1.54, 1.807) is 19.1 Å². The van der Waals surface area contributed by atoms with Crippen LogP contribution in [0.1, 0.15) is 22.3 Å². The lowest BCUT2D eigenvalue weighted by Gasteiger charge is -2.17. The van der Waals surface area contributed by atoms with Gasteiger partial charge in [0, 0.05) is 5.56 Å². The molecule has 0 fully saturated rings. The maximum absolute atomic E-state index is 12.9. The lowest BCUT2D eigenvalue weighted by Crippen LogP contribution is -2.46. The van der Waals surface area contributed by atoms with Crippen molar-refractivity contribution < 1.29 is 24.2 Å². The molecule has 0 aliphatic carbocycles. The molecule has 2 aromatic rings. The van der Waals surface area contributed by atoms with E-state index in [4.69, 9.17) is 5.11 Å². The van der Waals surface area contributed by atoms with Crippen LogP contribution in [0.2, 0.25) is 0 Å². The summed E-state index contributed by atoms with van der Waals surface area (Å²) in [7, 11) is 0. The molecule has 1 aromatic carbocycles. The first-order valence-corrected chi connectivity index (χ1v) is 7.49. The third-order valence-electron chi connectivity index (χ3n) is 3.15. The summed E-state index contributed by atoms with van der Waals surface area (Å²) in [5, 5.41) is 21.3. The number of carbonyl (C=O) groups excluding carboxylic acids is 1. The number of nitrogens with zero attached hydrogens (tertiary/aromatic N) is 1. The van der Waals surface area contributed by atoms with E-state index in [0.717, 1.165) is 18.3 Å². The number of hydrogen-bond acceptors (Lipinski definition) is 5. The molecule has 122 valence electrons. The molecule has 3 N–H and O–H groups in total. The Morgan fingerprint density at radius 3 is 2.52 bits per heavy atom. The molecule has 1 amide bonds. The number of carboxylic acids is 1. The molecule has 8 heteroatoms. The van der Waals surface area contributed by atoms with Crippen molar-refractivity contribution in [2.24, 2.45) is 0 Å². The van der Waals surface area contributed by atoms with Crippen LogP contribution in [0.4, 0.5) is 4.39 Å². The van der Waals surface area contributed by atoms with Crippen LogP contribution in [0.5, 0.6) is 0 Å². The van der Waals surface area contributed by atoms with E-state index in [1.807, 2.05) is 0 Å². The topological polar surface area (TPSA) is 99.5 Å². The van der Waals surface area contributed by atoms with E-state index in [2.05, 4.69) is 10.3 Å². The number of aliphatic hydroxyl groups is 1. The molecule has 23 heavy (non-hydrogen) atoms. The van der Waals surface area contributed by atoms with Crippen LogP contribution in [0.15, 0.2) is 24.3 Å². The highest BCUT2D eigenvalue weighted by atomic mass is 32.1. The third-order valence-corrected chi connectivity index (χ3v) is 4.35. The molecule has 0 saturated carbocycles. The molecule has 1 atom stereocenters. The Labute approximate surface area is 135 Å². The Morgan fingerprint density at radius 1 is 1.35 bits per heavy atom. The van der Waals surface area contributed by atoms with Gasteiger partial charge in [-0.15, -0.1) is 11.3 Å². The zero-order valence-electron chi connectivity index (χ0n) is 12.5. The first-order chi connectivity index (χ1) is 10.7. The van der Waals surface area contributed by atoms with Crippen LogP contribution < -0.4 is 5.32 Å². The number of benzene rings is 1. The van der Waals surface area contributed by atoms with Crippen molar-refractivity contribution in [1.29, 1.82) is 0 Å². The molecule has 1 unspecified atom stereocenters. The van der Waals surface area contributed by atoms with Gasteiger partial charge in [0.2, 0.25) is 0 Å². The lowest BCUT2D eigenvalue weighted by molar-refractivity contribution is -0.155. The second-order valence-corrected chi connectivity index (χ2v) is 6.20. The number of nitrogens with one attached hydrogen (secondary N) is 1. The van der Waals surface area contributed by atoms with Crippen LogP contribution in [-0.4, -0.2) is 39.2 Å². The van der Waals surface area contributed by atoms with Crippen LogP contribution in [-0.2, 0) is 4.79 Å².